The van der Waals surface area contributed by atoms with E-state index in [4.69, 9.17) is 6.42 Å². The molecular weight excluding hydrogens is 160 g/mol. The highest BCUT2D eigenvalue weighted by Crippen LogP contribution is 2.07. The largest absolute Gasteiger partial charge is 0.322 e. The lowest BCUT2D eigenvalue weighted by Gasteiger charge is -2.01. The van der Waals surface area contributed by atoms with Crippen molar-refractivity contribution in [2.75, 3.05) is 0 Å². The van der Waals surface area contributed by atoms with Gasteiger partial charge in [0.2, 0.25) is 0 Å². The Kier molecular flexibility index (Phi) is 1.85. The first kappa shape index (κ1) is 7.63. The standard InChI is InChI=1S/C11H8N2/c1-2-10-7-11(9-12-8-10)13-5-3-4-6-13/h1,3-9H. The highest BCUT2D eigenvalue weighted by molar-refractivity contribution is 5.39. The van der Waals surface area contributed by atoms with Crippen LogP contribution in [0.1, 0.15) is 5.56 Å². The molecule has 0 N–H and O–H groups in total. The van der Waals surface area contributed by atoms with Gasteiger partial charge in [-0.1, -0.05) is 5.92 Å². The molecule has 2 nitrogen and oxygen atoms in total. The zero-order valence-electron chi connectivity index (χ0n) is 7.01. The third-order valence-electron chi connectivity index (χ3n) is 1.79. The Labute approximate surface area is 76.9 Å². The first-order chi connectivity index (χ1) is 6.40. The molecule has 62 valence electrons. The van der Waals surface area contributed by atoms with Gasteiger partial charge < -0.3 is 4.57 Å². The fourth-order valence-electron chi connectivity index (χ4n) is 1.15. The molecule has 2 heterocycles. The minimum atomic E-state index is 0.797. The second-order valence-corrected chi connectivity index (χ2v) is 2.67. The van der Waals surface area contributed by atoms with Crippen LogP contribution in [0, 0.1) is 12.3 Å². The van der Waals surface area contributed by atoms with Gasteiger partial charge in [-0.25, -0.2) is 0 Å². The van der Waals surface area contributed by atoms with Crippen LogP contribution in [-0.2, 0) is 0 Å². The van der Waals surface area contributed by atoms with Crippen molar-refractivity contribution in [3.8, 4) is 18.0 Å². The summed E-state index contributed by atoms with van der Waals surface area (Å²) in [6.45, 7) is 0. The van der Waals surface area contributed by atoms with E-state index in [-0.39, 0.29) is 0 Å². The Balaban J connectivity index is 2.49. The molecule has 2 heteroatoms. The molecule has 0 aliphatic rings. The molecule has 0 unspecified atom stereocenters. The fraction of sp³-hybridized carbons (Fsp3) is 0. The van der Waals surface area contributed by atoms with E-state index in [1.165, 1.54) is 0 Å². The van der Waals surface area contributed by atoms with Gasteiger partial charge in [-0.3, -0.25) is 4.98 Å². The van der Waals surface area contributed by atoms with Crippen molar-refractivity contribution in [3.05, 3.63) is 48.5 Å². The summed E-state index contributed by atoms with van der Waals surface area (Å²) in [5.74, 6) is 2.55. The lowest BCUT2D eigenvalue weighted by atomic mass is 10.3. The van der Waals surface area contributed by atoms with Gasteiger partial charge in [-0.05, 0) is 18.2 Å². The Hall–Kier alpha value is -2.01. The molecule has 0 aliphatic heterocycles. The molecule has 0 bridgehead atoms. The summed E-state index contributed by atoms with van der Waals surface area (Å²) in [5.41, 5.74) is 1.78. The molecule has 0 atom stereocenters. The van der Waals surface area contributed by atoms with Crippen LogP contribution in [0.4, 0.5) is 0 Å². The fourth-order valence-corrected chi connectivity index (χ4v) is 1.15. The topological polar surface area (TPSA) is 17.8 Å². The van der Waals surface area contributed by atoms with E-state index in [0.29, 0.717) is 0 Å². The zero-order valence-corrected chi connectivity index (χ0v) is 7.01. The van der Waals surface area contributed by atoms with Gasteiger partial charge in [0, 0.05) is 24.2 Å². The van der Waals surface area contributed by atoms with Crippen LogP contribution < -0.4 is 0 Å². The predicted octanol–water partition coefficient (Wildman–Crippen LogP) is 1.85. The molecule has 13 heavy (non-hydrogen) atoms. The van der Waals surface area contributed by atoms with Crippen molar-refractivity contribution in [1.29, 1.82) is 0 Å². The van der Waals surface area contributed by atoms with E-state index in [2.05, 4.69) is 10.9 Å². The van der Waals surface area contributed by atoms with Crippen LogP contribution >= 0.6 is 0 Å². The number of terminal acetylenes is 1. The second kappa shape index (κ2) is 3.16. The molecule has 2 aromatic rings. The molecule has 0 radical (unpaired) electrons. The zero-order chi connectivity index (χ0) is 9.10. The van der Waals surface area contributed by atoms with Crippen LogP contribution in [0.25, 0.3) is 5.69 Å². The number of hydrogen-bond donors (Lipinski definition) is 0. The first-order valence-electron chi connectivity index (χ1n) is 3.95. The molecule has 0 saturated heterocycles. The van der Waals surface area contributed by atoms with Gasteiger partial charge in [0.05, 0.1) is 11.9 Å². The highest BCUT2D eigenvalue weighted by atomic mass is 14.9. The summed E-state index contributed by atoms with van der Waals surface area (Å²) in [7, 11) is 0. The predicted molar refractivity (Wildman–Crippen MR) is 51.5 cm³/mol. The van der Waals surface area contributed by atoms with Crippen molar-refractivity contribution in [2.24, 2.45) is 0 Å². The summed E-state index contributed by atoms with van der Waals surface area (Å²) in [4.78, 5) is 4.05. The lowest BCUT2D eigenvalue weighted by molar-refractivity contribution is 1.06. The number of hydrogen-bond acceptors (Lipinski definition) is 1. The van der Waals surface area contributed by atoms with Gasteiger partial charge >= 0.3 is 0 Å². The number of nitrogens with zero attached hydrogens (tertiary/aromatic N) is 2. The molecule has 0 saturated carbocycles. The van der Waals surface area contributed by atoms with Crippen molar-refractivity contribution >= 4 is 0 Å². The molecule has 2 rings (SSSR count). The van der Waals surface area contributed by atoms with E-state index in [1.807, 2.05) is 35.2 Å². The molecule has 0 fully saturated rings. The molecule has 2 aromatic heterocycles. The van der Waals surface area contributed by atoms with Crippen molar-refractivity contribution < 1.29 is 0 Å². The second-order valence-electron chi connectivity index (χ2n) is 2.67. The highest BCUT2D eigenvalue weighted by Gasteiger charge is 1.95. The molecular formula is C11H8N2. The third-order valence-corrected chi connectivity index (χ3v) is 1.79. The van der Waals surface area contributed by atoms with E-state index >= 15 is 0 Å². The number of aromatic nitrogens is 2. The van der Waals surface area contributed by atoms with Crippen LogP contribution in [0.3, 0.4) is 0 Å². The lowest BCUT2D eigenvalue weighted by Crippen LogP contribution is -1.91. The molecule has 0 spiro atoms. The normalized spacial score (nSPS) is 9.46. The minimum Gasteiger partial charge on any atom is -0.322 e. The first-order valence-corrected chi connectivity index (χ1v) is 3.95. The average molecular weight is 168 g/mol. The smallest absolute Gasteiger partial charge is 0.0646 e. The third kappa shape index (κ3) is 1.45. The maximum absolute atomic E-state index is 5.27. The van der Waals surface area contributed by atoms with Crippen molar-refractivity contribution in [1.82, 2.24) is 9.55 Å². The van der Waals surface area contributed by atoms with E-state index in [0.717, 1.165) is 11.3 Å². The van der Waals surface area contributed by atoms with Gasteiger partial charge in [-0.15, -0.1) is 6.42 Å². The maximum Gasteiger partial charge on any atom is 0.0646 e. The van der Waals surface area contributed by atoms with Crippen molar-refractivity contribution in [3.63, 3.8) is 0 Å². The van der Waals surface area contributed by atoms with Crippen LogP contribution in [0.15, 0.2) is 43.0 Å². The summed E-state index contributed by atoms with van der Waals surface area (Å²) in [6.07, 6.45) is 12.6. The summed E-state index contributed by atoms with van der Waals surface area (Å²) < 4.78 is 1.97. The van der Waals surface area contributed by atoms with E-state index in [9.17, 15) is 0 Å². The van der Waals surface area contributed by atoms with E-state index < -0.39 is 0 Å². The van der Waals surface area contributed by atoms with Crippen LogP contribution in [0.5, 0.6) is 0 Å². The Morgan fingerprint density at radius 1 is 1.23 bits per heavy atom. The number of rotatable bonds is 1. The van der Waals surface area contributed by atoms with Gasteiger partial charge in [-0.2, -0.15) is 0 Å². The minimum absolute atomic E-state index is 0.797. The summed E-state index contributed by atoms with van der Waals surface area (Å²) >= 11 is 0. The SMILES string of the molecule is C#Cc1cncc(-n2cccc2)c1. The van der Waals surface area contributed by atoms with E-state index in [1.54, 1.807) is 12.4 Å². The Bertz CT molecular complexity index is 435. The summed E-state index contributed by atoms with van der Waals surface area (Å²) in [5, 5.41) is 0. The van der Waals surface area contributed by atoms with Crippen molar-refractivity contribution in [2.45, 2.75) is 0 Å². The molecule has 0 aliphatic carbocycles. The van der Waals surface area contributed by atoms with Crippen LogP contribution in [0.2, 0.25) is 0 Å². The quantitative estimate of drug-likeness (QED) is 0.594. The average Bonchev–Trinajstić information content (AvgIpc) is 2.71. The summed E-state index contributed by atoms with van der Waals surface area (Å²) in [6, 6.07) is 5.85. The monoisotopic (exact) mass is 168 g/mol. The van der Waals surface area contributed by atoms with Crippen LogP contribution in [-0.4, -0.2) is 9.55 Å². The van der Waals surface area contributed by atoms with Gasteiger partial charge in [0.15, 0.2) is 0 Å². The molecule has 0 amide bonds. The Morgan fingerprint density at radius 2 is 2.00 bits per heavy atom. The number of pyridine rings is 1. The van der Waals surface area contributed by atoms with Gasteiger partial charge in [0.25, 0.3) is 0 Å². The molecule has 0 aromatic carbocycles. The maximum atomic E-state index is 5.27. The Morgan fingerprint density at radius 3 is 2.69 bits per heavy atom. The van der Waals surface area contributed by atoms with Gasteiger partial charge in [0.1, 0.15) is 0 Å².